The van der Waals surface area contributed by atoms with Crippen LogP contribution >= 0.6 is 11.6 Å². The Morgan fingerprint density at radius 1 is 1.04 bits per heavy atom. The maximum Gasteiger partial charge on any atom is 0.321 e. The van der Waals surface area contributed by atoms with Gasteiger partial charge in [-0.2, -0.15) is 0 Å². The second-order valence-corrected chi connectivity index (χ2v) is 6.25. The van der Waals surface area contributed by atoms with E-state index in [0.717, 1.165) is 6.42 Å². The van der Waals surface area contributed by atoms with E-state index in [2.05, 4.69) is 10.3 Å². The number of urea groups is 1. The number of aromatic nitrogens is 1. The maximum absolute atomic E-state index is 12.5. The van der Waals surface area contributed by atoms with Crippen LogP contribution in [-0.4, -0.2) is 52.9 Å². The van der Waals surface area contributed by atoms with Gasteiger partial charge in [-0.25, -0.2) is 4.79 Å². The minimum Gasteiger partial charge on any atom is -0.337 e. The molecule has 0 saturated carbocycles. The van der Waals surface area contributed by atoms with Crippen LogP contribution in [0.25, 0.3) is 0 Å². The third-order valence-electron chi connectivity index (χ3n) is 4.05. The maximum atomic E-state index is 12.5. The van der Waals surface area contributed by atoms with Gasteiger partial charge in [0.15, 0.2) is 0 Å². The molecule has 0 radical (unpaired) electrons. The topological polar surface area (TPSA) is 65.5 Å². The first kappa shape index (κ1) is 17.2. The molecule has 1 N–H and O–H groups in total. The summed E-state index contributed by atoms with van der Waals surface area (Å²) in [6.45, 7) is 2.20. The molecule has 0 aliphatic carbocycles. The van der Waals surface area contributed by atoms with E-state index in [1.807, 2.05) is 0 Å². The largest absolute Gasteiger partial charge is 0.337 e. The Bertz CT molecular complexity index is 754. The molecular formula is C18H19ClN4O2. The van der Waals surface area contributed by atoms with Gasteiger partial charge in [0.1, 0.15) is 0 Å². The van der Waals surface area contributed by atoms with Crippen LogP contribution in [0, 0.1) is 0 Å². The molecule has 1 aromatic heterocycles. The molecule has 1 aliphatic heterocycles. The Balaban J connectivity index is 1.59. The van der Waals surface area contributed by atoms with Gasteiger partial charge in [-0.05, 0) is 36.8 Å². The van der Waals surface area contributed by atoms with E-state index >= 15 is 0 Å². The van der Waals surface area contributed by atoms with Crippen LogP contribution < -0.4 is 5.32 Å². The number of amides is 3. The highest BCUT2D eigenvalue weighted by molar-refractivity contribution is 6.30. The van der Waals surface area contributed by atoms with Crippen LogP contribution in [0.5, 0.6) is 0 Å². The molecule has 1 fully saturated rings. The van der Waals surface area contributed by atoms with Gasteiger partial charge in [-0.1, -0.05) is 17.7 Å². The summed E-state index contributed by atoms with van der Waals surface area (Å²) in [5, 5.41) is 3.42. The monoisotopic (exact) mass is 358 g/mol. The molecule has 0 spiro atoms. The summed E-state index contributed by atoms with van der Waals surface area (Å²) in [4.78, 5) is 32.4. The lowest BCUT2D eigenvalue weighted by Gasteiger charge is -2.22. The van der Waals surface area contributed by atoms with Gasteiger partial charge in [0.25, 0.3) is 5.91 Å². The van der Waals surface area contributed by atoms with Crippen molar-refractivity contribution in [2.24, 2.45) is 0 Å². The van der Waals surface area contributed by atoms with Crippen molar-refractivity contribution in [3.8, 4) is 0 Å². The first-order chi connectivity index (χ1) is 12.1. The average molecular weight is 359 g/mol. The molecule has 0 unspecified atom stereocenters. The Kier molecular flexibility index (Phi) is 5.50. The van der Waals surface area contributed by atoms with Crippen molar-refractivity contribution in [3.63, 3.8) is 0 Å². The standard InChI is InChI=1S/C18H19ClN4O2/c19-15-5-1-6-16(12-15)21-18(25)23-9-3-8-22(10-11-23)17(24)14-4-2-7-20-13-14/h1-2,4-7,12-13H,3,8-11H2,(H,21,25). The van der Waals surface area contributed by atoms with E-state index in [0.29, 0.717) is 42.5 Å². The number of carbonyl (C=O) groups is 2. The first-order valence-electron chi connectivity index (χ1n) is 8.14. The zero-order chi connectivity index (χ0) is 17.6. The van der Waals surface area contributed by atoms with Gasteiger partial charge in [-0.3, -0.25) is 9.78 Å². The summed E-state index contributed by atoms with van der Waals surface area (Å²) in [6, 6.07) is 10.4. The highest BCUT2D eigenvalue weighted by Crippen LogP contribution is 2.16. The number of rotatable bonds is 2. The number of carbonyl (C=O) groups excluding carboxylic acids is 2. The summed E-state index contributed by atoms with van der Waals surface area (Å²) in [5.74, 6) is -0.0507. The van der Waals surface area contributed by atoms with Crippen molar-refractivity contribution in [2.45, 2.75) is 6.42 Å². The van der Waals surface area contributed by atoms with E-state index in [1.54, 1.807) is 58.6 Å². The van der Waals surface area contributed by atoms with Crippen molar-refractivity contribution in [1.29, 1.82) is 0 Å². The number of hydrogen-bond acceptors (Lipinski definition) is 3. The molecular weight excluding hydrogens is 340 g/mol. The second kappa shape index (κ2) is 7.98. The molecule has 130 valence electrons. The third-order valence-corrected chi connectivity index (χ3v) is 4.29. The molecule has 2 heterocycles. The van der Waals surface area contributed by atoms with Crippen molar-refractivity contribution in [2.75, 3.05) is 31.5 Å². The van der Waals surface area contributed by atoms with Gasteiger partial charge < -0.3 is 15.1 Å². The fourth-order valence-corrected chi connectivity index (χ4v) is 2.95. The molecule has 1 aliphatic rings. The fraction of sp³-hybridized carbons (Fsp3) is 0.278. The Labute approximate surface area is 151 Å². The van der Waals surface area contributed by atoms with Crippen molar-refractivity contribution in [3.05, 3.63) is 59.4 Å². The van der Waals surface area contributed by atoms with Gasteiger partial charge in [-0.15, -0.1) is 0 Å². The average Bonchev–Trinajstić information content (AvgIpc) is 2.88. The third kappa shape index (κ3) is 4.48. The first-order valence-corrected chi connectivity index (χ1v) is 8.52. The predicted molar refractivity (Wildman–Crippen MR) is 96.8 cm³/mol. The van der Waals surface area contributed by atoms with E-state index in [1.165, 1.54) is 0 Å². The molecule has 1 saturated heterocycles. The number of pyridine rings is 1. The number of halogens is 1. The summed E-state index contributed by atoms with van der Waals surface area (Å²) in [6.07, 6.45) is 3.94. The van der Waals surface area contributed by atoms with Crippen molar-refractivity contribution in [1.82, 2.24) is 14.8 Å². The van der Waals surface area contributed by atoms with Gasteiger partial charge in [0.05, 0.1) is 5.56 Å². The number of nitrogens with zero attached hydrogens (tertiary/aromatic N) is 3. The SMILES string of the molecule is O=C(Nc1cccc(Cl)c1)N1CCCN(C(=O)c2cccnc2)CC1. The van der Waals surface area contributed by atoms with Crippen LogP contribution in [0.4, 0.5) is 10.5 Å². The van der Waals surface area contributed by atoms with Crippen LogP contribution in [0.3, 0.4) is 0 Å². The van der Waals surface area contributed by atoms with Crippen molar-refractivity contribution >= 4 is 29.2 Å². The predicted octanol–water partition coefficient (Wildman–Crippen LogP) is 3.12. The normalized spacial score (nSPS) is 14.8. The molecule has 0 bridgehead atoms. The highest BCUT2D eigenvalue weighted by Gasteiger charge is 2.23. The summed E-state index contributed by atoms with van der Waals surface area (Å²) in [5.41, 5.74) is 1.23. The molecule has 25 heavy (non-hydrogen) atoms. The number of nitrogens with one attached hydrogen (secondary N) is 1. The van der Waals surface area contributed by atoms with E-state index in [4.69, 9.17) is 11.6 Å². The van der Waals surface area contributed by atoms with Gasteiger partial charge >= 0.3 is 6.03 Å². The Morgan fingerprint density at radius 2 is 1.84 bits per heavy atom. The van der Waals surface area contributed by atoms with E-state index < -0.39 is 0 Å². The van der Waals surface area contributed by atoms with Gasteiger partial charge in [0.2, 0.25) is 0 Å². The number of hydrogen-bond donors (Lipinski definition) is 1. The fourth-order valence-electron chi connectivity index (χ4n) is 2.76. The van der Waals surface area contributed by atoms with Crippen LogP contribution in [-0.2, 0) is 0 Å². The number of benzene rings is 1. The smallest absolute Gasteiger partial charge is 0.321 e. The zero-order valence-electron chi connectivity index (χ0n) is 13.7. The highest BCUT2D eigenvalue weighted by atomic mass is 35.5. The molecule has 2 aromatic rings. The second-order valence-electron chi connectivity index (χ2n) is 5.82. The minimum absolute atomic E-state index is 0.0507. The van der Waals surface area contributed by atoms with E-state index in [-0.39, 0.29) is 11.9 Å². The van der Waals surface area contributed by atoms with Crippen LogP contribution in [0.2, 0.25) is 5.02 Å². The van der Waals surface area contributed by atoms with Crippen LogP contribution in [0.15, 0.2) is 48.8 Å². The summed E-state index contributed by atoms with van der Waals surface area (Å²) in [7, 11) is 0. The summed E-state index contributed by atoms with van der Waals surface area (Å²) >= 11 is 5.94. The van der Waals surface area contributed by atoms with Crippen molar-refractivity contribution < 1.29 is 9.59 Å². The molecule has 1 aromatic carbocycles. The molecule has 7 heteroatoms. The molecule has 6 nitrogen and oxygen atoms in total. The minimum atomic E-state index is -0.182. The zero-order valence-corrected chi connectivity index (χ0v) is 14.4. The Hall–Kier alpha value is -2.60. The van der Waals surface area contributed by atoms with Gasteiger partial charge in [0, 0.05) is 49.3 Å². The molecule has 3 amide bonds. The van der Waals surface area contributed by atoms with E-state index in [9.17, 15) is 9.59 Å². The Morgan fingerprint density at radius 3 is 2.60 bits per heavy atom. The molecule has 0 atom stereocenters. The lowest BCUT2D eigenvalue weighted by atomic mass is 10.2. The lowest BCUT2D eigenvalue weighted by molar-refractivity contribution is 0.0762. The quantitative estimate of drug-likeness (QED) is 0.897. The summed E-state index contributed by atoms with van der Waals surface area (Å²) < 4.78 is 0. The van der Waals surface area contributed by atoms with Crippen LogP contribution in [0.1, 0.15) is 16.8 Å². The molecule has 3 rings (SSSR count). The lowest BCUT2D eigenvalue weighted by Crippen LogP contribution is -2.39. The number of anilines is 1.